The monoisotopic (exact) mass is 473 g/mol. The molecule has 1 heterocycles. The molecule has 2 atom stereocenters. The second kappa shape index (κ2) is 9.40. The van der Waals surface area contributed by atoms with Gasteiger partial charge in [0.25, 0.3) is 5.56 Å². The maximum absolute atomic E-state index is 13.3. The van der Waals surface area contributed by atoms with Gasteiger partial charge in [0.05, 0.1) is 24.9 Å². The first-order chi connectivity index (χ1) is 16.8. The van der Waals surface area contributed by atoms with E-state index in [1.807, 2.05) is 48.5 Å². The summed E-state index contributed by atoms with van der Waals surface area (Å²) in [5, 5.41) is 0.889. The summed E-state index contributed by atoms with van der Waals surface area (Å²) in [4.78, 5) is 26.1. The molecule has 2 aliphatic rings. The first-order valence-corrected chi connectivity index (χ1v) is 12.7. The highest BCUT2D eigenvalue weighted by Crippen LogP contribution is 2.50. The van der Waals surface area contributed by atoms with Gasteiger partial charge in [-0.05, 0) is 85.8 Å². The standard InChI is InChI=1S/C29H35N3O3/c1-19-13-21-15-22(14-19)17-29(2,16-21)28(34)31-30-25-5-4-6-26-24(25)11-12-27(33)32(26)18-20-7-9-23(35-3)10-8-20/h4-12,19,21-22,30H,13-18H2,1-3H3,(H,31,34). The number of hydrazine groups is 1. The van der Waals surface area contributed by atoms with Gasteiger partial charge in [0.1, 0.15) is 5.75 Å². The third-order valence-corrected chi connectivity index (χ3v) is 8.01. The lowest BCUT2D eigenvalue weighted by atomic mass is 9.59. The van der Waals surface area contributed by atoms with E-state index in [1.165, 1.54) is 19.3 Å². The van der Waals surface area contributed by atoms with Gasteiger partial charge >= 0.3 is 0 Å². The van der Waals surface area contributed by atoms with Crippen LogP contribution in [0.1, 0.15) is 51.5 Å². The van der Waals surface area contributed by atoms with Crippen molar-refractivity contribution in [2.45, 2.75) is 52.5 Å². The molecule has 0 saturated heterocycles. The summed E-state index contributed by atoms with van der Waals surface area (Å²) < 4.78 is 7.00. The first kappa shape index (κ1) is 23.5. The summed E-state index contributed by atoms with van der Waals surface area (Å²) in [5.74, 6) is 2.92. The maximum atomic E-state index is 13.3. The molecule has 1 amide bonds. The molecule has 0 aliphatic heterocycles. The lowest BCUT2D eigenvalue weighted by molar-refractivity contribution is -0.134. The van der Waals surface area contributed by atoms with E-state index in [4.69, 9.17) is 4.74 Å². The number of hydrogen-bond acceptors (Lipinski definition) is 4. The number of amides is 1. The van der Waals surface area contributed by atoms with Crippen LogP contribution in [0.25, 0.3) is 10.9 Å². The molecule has 1 aromatic heterocycles. The maximum Gasteiger partial charge on any atom is 0.251 e. The summed E-state index contributed by atoms with van der Waals surface area (Å²) in [7, 11) is 1.64. The number of pyridine rings is 1. The number of rotatable bonds is 6. The van der Waals surface area contributed by atoms with E-state index in [0.717, 1.165) is 46.7 Å². The summed E-state index contributed by atoms with van der Waals surface area (Å²) in [5.41, 5.74) is 8.39. The van der Waals surface area contributed by atoms with Crippen molar-refractivity contribution in [1.29, 1.82) is 0 Å². The molecule has 35 heavy (non-hydrogen) atoms. The zero-order valence-corrected chi connectivity index (χ0v) is 20.8. The van der Waals surface area contributed by atoms with Crippen molar-refractivity contribution in [3.05, 3.63) is 70.5 Å². The Hall–Kier alpha value is -3.28. The van der Waals surface area contributed by atoms with Crippen LogP contribution in [-0.4, -0.2) is 17.6 Å². The summed E-state index contributed by atoms with van der Waals surface area (Å²) in [6.45, 7) is 4.92. The minimum absolute atomic E-state index is 0.0605. The Morgan fingerprint density at radius 3 is 2.43 bits per heavy atom. The van der Waals surface area contributed by atoms with Crippen molar-refractivity contribution in [3.63, 3.8) is 0 Å². The lowest BCUT2D eigenvalue weighted by Crippen LogP contribution is -2.47. The number of benzene rings is 2. The van der Waals surface area contributed by atoms with Crippen molar-refractivity contribution in [2.75, 3.05) is 12.5 Å². The molecule has 184 valence electrons. The lowest BCUT2D eigenvalue weighted by Gasteiger charge is -2.46. The van der Waals surface area contributed by atoms with Crippen LogP contribution in [0.2, 0.25) is 0 Å². The number of aromatic nitrogens is 1. The number of ether oxygens (including phenoxy) is 1. The van der Waals surface area contributed by atoms with Gasteiger partial charge < -0.3 is 9.30 Å². The number of anilines is 1. The molecule has 2 aromatic carbocycles. The number of methoxy groups -OCH3 is 1. The van der Waals surface area contributed by atoms with Crippen molar-refractivity contribution >= 4 is 22.5 Å². The van der Waals surface area contributed by atoms with Gasteiger partial charge in [0.15, 0.2) is 0 Å². The number of nitrogens with zero attached hydrogens (tertiary/aromatic N) is 1. The van der Waals surface area contributed by atoms with Crippen LogP contribution in [-0.2, 0) is 11.3 Å². The molecule has 0 radical (unpaired) electrons. The van der Waals surface area contributed by atoms with E-state index in [-0.39, 0.29) is 16.9 Å². The molecule has 5 rings (SSSR count). The third-order valence-electron chi connectivity index (χ3n) is 8.01. The van der Waals surface area contributed by atoms with Crippen molar-refractivity contribution < 1.29 is 9.53 Å². The van der Waals surface area contributed by atoms with Crippen LogP contribution in [0.3, 0.4) is 0 Å². The van der Waals surface area contributed by atoms with Crippen LogP contribution in [0.5, 0.6) is 5.75 Å². The zero-order chi connectivity index (χ0) is 24.6. The van der Waals surface area contributed by atoms with E-state index in [9.17, 15) is 9.59 Å². The van der Waals surface area contributed by atoms with E-state index >= 15 is 0 Å². The SMILES string of the molecule is COc1ccc(Cn2c(=O)ccc3c(NNC(=O)C4(C)CC5CC(C)CC(C5)C4)cccc32)cc1. The van der Waals surface area contributed by atoms with Gasteiger partial charge in [0, 0.05) is 16.9 Å². The molecule has 2 bridgehead atoms. The Morgan fingerprint density at radius 2 is 1.74 bits per heavy atom. The number of fused-ring (bicyclic) bond motifs is 3. The molecule has 0 spiro atoms. The summed E-state index contributed by atoms with van der Waals surface area (Å²) >= 11 is 0. The fourth-order valence-electron chi connectivity index (χ4n) is 6.56. The van der Waals surface area contributed by atoms with E-state index in [1.54, 1.807) is 17.7 Å². The number of nitrogens with one attached hydrogen (secondary N) is 2. The molecule has 2 unspecified atom stereocenters. The average Bonchev–Trinajstić information content (AvgIpc) is 2.83. The molecular formula is C29H35N3O3. The van der Waals surface area contributed by atoms with Gasteiger partial charge in [-0.3, -0.25) is 20.4 Å². The highest BCUT2D eigenvalue weighted by atomic mass is 16.5. The third kappa shape index (κ3) is 4.79. The van der Waals surface area contributed by atoms with E-state index in [0.29, 0.717) is 18.4 Å². The molecular weight excluding hydrogens is 438 g/mol. The zero-order valence-electron chi connectivity index (χ0n) is 20.8. The van der Waals surface area contributed by atoms with Crippen LogP contribution < -0.4 is 21.1 Å². The fourth-order valence-corrected chi connectivity index (χ4v) is 6.56. The number of carbonyl (C=O) groups excluding carboxylic acids is 1. The van der Waals surface area contributed by atoms with Crippen molar-refractivity contribution in [1.82, 2.24) is 9.99 Å². The fraction of sp³-hybridized carbons (Fsp3) is 0.448. The van der Waals surface area contributed by atoms with Crippen LogP contribution in [0.4, 0.5) is 5.69 Å². The quantitative estimate of drug-likeness (QED) is 0.473. The minimum Gasteiger partial charge on any atom is -0.497 e. The topological polar surface area (TPSA) is 72.4 Å². The molecule has 6 heteroatoms. The van der Waals surface area contributed by atoms with E-state index < -0.39 is 0 Å². The number of hydrogen-bond donors (Lipinski definition) is 2. The van der Waals surface area contributed by atoms with Gasteiger partial charge in [-0.15, -0.1) is 0 Å². The molecule has 6 nitrogen and oxygen atoms in total. The molecule has 3 aromatic rings. The van der Waals surface area contributed by atoms with Gasteiger partial charge in [0.2, 0.25) is 5.91 Å². The predicted octanol–water partition coefficient (Wildman–Crippen LogP) is 5.35. The Bertz CT molecular complexity index is 1260. The van der Waals surface area contributed by atoms with Crippen LogP contribution >= 0.6 is 0 Å². The summed E-state index contributed by atoms with van der Waals surface area (Å²) in [6.07, 6.45) is 5.66. The second-order valence-corrected chi connectivity index (χ2v) is 10.9. The minimum atomic E-state index is -0.345. The molecule has 2 aliphatic carbocycles. The Morgan fingerprint density at radius 1 is 1.03 bits per heavy atom. The Balaban J connectivity index is 1.35. The predicted molar refractivity (Wildman–Crippen MR) is 139 cm³/mol. The Kier molecular flexibility index (Phi) is 6.30. The van der Waals surface area contributed by atoms with Crippen molar-refractivity contribution in [2.24, 2.45) is 23.2 Å². The summed E-state index contributed by atoms with van der Waals surface area (Å²) in [6, 6.07) is 16.9. The second-order valence-electron chi connectivity index (χ2n) is 10.9. The molecule has 2 saturated carbocycles. The van der Waals surface area contributed by atoms with Crippen LogP contribution in [0.15, 0.2) is 59.4 Å². The highest BCUT2D eigenvalue weighted by Gasteiger charge is 2.45. The normalized spacial score (nSPS) is 25.7. The smallest absolute Gasteiger partial charge is 0.251 e. The van der Waals surface area contributed by atoms with Gasteiger partial charge in [-0.25, -0.2) is 0 Å². The average molecular weight is 474 g/mol. The van der Waals surface area contributed by atoms with Gasteiger partial charge in [-0.2, -0.15) is 0 Å². The van der Waals surface area contributed by atoms with Crippen LogP contribution in [0, 0.1) is 23.2 Å². The molecule has 2 fully saturated rings. The van der Waals surface area contributed by atoms with Gasteiger partial charge in [-0.1, -0.05) is 32.0 Å². The number of carbonyl (C=O) groups is 1. The van der Waals surface area contributed by atoms with E-state index in [2.05, 4.69) is 24.7 Å². The largest absolute Gasteiger partial charge is 0.497 e. The highest BCUT2D eigenvalue weighted by molar-refractivity contribution is 5.93. The Labute approximate surface area is 206 Å². The molecule has 2 N–H and O–H groups in total. The van der Waals surface area contributed by atoms with Crippen molar-refractivity contribution in [3.8, 4) is 5.75 Å². The first-order valence-electron chi connectivity index (χ1n) is 12.7.